The van der Waals surface area contributed by atoms with E-state index >= 15 is 0 Å². The van der Waals surface area contributed by atoms with Gasteiger partial charge in [-0.15, -0.1) is 0 Å². The molecule has 3 heterocycles. The average molecular weight is 686 g/mol. The molecule has 3 aliphatic rings. The average Bonchev–Trinajstić information content (AvgIpc) is 3.48. The number of para-hydroxylation sites is 1. The Hall–Kier alpha value is -4.33. The van der Waals surface area contributed by atoms with E-state index < -0.39 is 17.7 Å². The van der Waals surface area contributed by atoms with Crippen LogP contribution >= 0.6 is 0 Å². The number of anilines is 1. The number of unbranched alkanes of at least 4 members (excludes halogenated alkanes) is 1. The number of rotatable bonds is 13. The lowest BCUT2D eigenvalue weighted by Gasteiger charge is -2.45. The van der Waals surface area contributed by atoms with E-state index in [-0.39, 0.29) is 37.0 Å². The molecule has 266 valence electrons. The highest BCUT2D eigenvalue weighted by molar-refractivity contribution is 5.93. The number of piperidine rings is 1. The molecule has 12 heteroatoms. The van der Waals surface area contributed by atoms with Crippen molar-refractivity contribution >= 4 is 23.4 Å². The first-order valence-corrected chi connectivity index (χ1v) is 17.5. The van der Waals surface area contributed by atoms with Gasteiger partial charge in [-0.3, -0.25) is 19.6 Å². The van der Waals surface area contributed by atoms with E-state index in [1.165, 1.54) is 0 Å². The van der Waals surface area contributed by atoms with Crippen LogP contribution < -0.4 is 21.0 Å². The molecule has 12 nitrogen and oxygen atoms in total. The van der Waals surface area contributed by atoms with Crippen molar-refractivity contribution in [2.75, 3.05) is 31.2 Å². The molecule has 6 rings (SSSR count). The summed E-state index contributed by atoms with van der Waals surface area (Å²) >= 11 is 0. The SMILES string of the molecule is O=C(CCCCC(=O)NCc1ccc([C@H]2O[C@@H](CN3CCC4(CC3)C(=O)NCN4c3ccccc3)C[C@@H](c3ccc(CO)cc3)O2)cc1)NO. The number of hydrogen-bond donors (Lipinski definition) is 5. The number of benzene rings is 3. The van der Waals surface area contributed by atoms with E-state index in [2.05, 4.69) is 32.6 Å². The minimum absolute atomic E-state index is 0.0213. The fourth-order valence-electron chi connectivity index (χ4n) is 7.17. The van der Waals surface area contributed by atoms with Gasteiger partial charge in [0.2, 0.25) is 17.7 Å². The summed E-state index contributed by atoms with van der Waals surface area (Å²) in [6.45, 7) is 3.13. The molecule has 0 aliphatic carbocycles. The van der Waals surface area contributed by atoms with Gasteiger partial charge in [-0.05, 0) is 54.5 Å². The second-order valence-electron chi connectivity index (χ2n) is 13.4. The van der Waals surface area contributed by atoms with Crippen LogP contribution in [0.25, 0.3) is 0 Å². The Labute approximate surface area is 292 Å². The second kappa shape index (κ2) is 16.6. The Morgan fingerprint density at radius 3 is 2.20 bits per heavy atom. The molecule has 3 aromatic carbocycles. The van der Waals surface area contributed by atoms with Gasteiger partial charge in [-0.25, -0.2) is 5.48 Å². The number of nitrogens with one attached hydrogen (secondary N) is 3. The Kier molecular flexibility index (Phi) is 11.8. The van der Waals surface area contributed by atoms with Crippen LogP contribution in [0.4, 0.5) is 5.69 Å². The lowest BCUT2D eigenvalue weighted by atomic mass is 9.85. The molecule has 0 bridgehead atoms. The van der Waals surface area contributed by atoms with Crippen molar-refractivity contribution in [2.24, 2.45) is 0 Å². The van der Waals surface area contributed by atoms with Crippen LogP contribution in [-0.2, 0) is 37.0 Å². The molecule has 1 spiro atoms. The molecule has 3 aromatic rings. The monoisotopic (exact) mass is 685 g/mol. The van der Waals surface area contributed by atoms with Crippen LogP contribution in [0.1, 0.15) is 79.6 Å². The van der Waals surface area contributed by atoms with Crippen LogP contribution in [0.2, 0.25) is 0 Å². The van der Waals surface area contributed by atoms with E-state index in [1.54, 1.807) is 5.48 Å². The highest BCUT2D eigenvalue weighted by Crippen LogP contribution is 2.40. The third-order valence-electron chi connectivity index (χ3n) is 10.1. The molecule has 0 unspecified atom stereocenters. The highest BCUT2D eigenvalue weighted by Gasteiger charge is 2.50. The Morgan fingerprint density at radius 2 is 1.52 bits per heavy atom. The number of aliphatic hydroxyl groups excluding tert-OH is 1. The van der Waals surface area contributed by atoms with Crippen molar-refractivity contribution in [3.8, 4) is 0 Å². The Bertz CT molecular complexity index is 1580. The summed E-state index contributed by atoms with van der Waals surface area (Å²) in [5.41, 5.74) is 5.79. The van der Waals surface area contributed by atoms with Gasteiger partial charge in [0, 0.05) is 56.7 Å². The molecule has 3 fully saturated rings. The molecule has 5 N–H and O–H groups in total. The fourth-order valence-corrected chi connectivity index (χ4v) is 7.17. The number of aliphatic hydroxyl groups is 1. The van der Waals surface area contributed by atoms with Gasteiger partial charge in [0.1, 0.15) is 5.54 Å². The predicted molar refractivity (Wildman–Crippen MR) is 185 cm³/mol. The van der Waals surface area contributed by atoms with E-state index in [4.69, 9.17) is 14.7 Å². The van der Waals surface area contributed by atoms with E-state index in [9.17, 15) is 19.5 Å². The second-order valence-corrected chi connectivity index (χ2v) is 13.4. The number of hydrogen-bond acceptors (Lipinski definition) is 9. The van der Waals surface area contributed by atoms with Crippen LogP contribution in [0.3, 0.4) is 0 Å². The van der Waals surface area contributed by atoms with Crippen molar-refractivity contribution in [2.45, 2.75) is 82.1 Å². The van der Waals surface area contributed by atoms with E-state index in [0.717, 1.165) is 53.9 Å². The number of likely N-dealkylation sites (tertiary alicyclic amines) is 1. The zero-order valence-corrected chi connectivity index (χ0v) is 28.3. The third kappa shape index (κ3) is 8.51. The van der Waals surface area contributed by atoms with Crippen molar-refractivity contribution in [3.63, 3.8) is 0 Å². The first-order valence-electron chi connectivity index (χ1n) is 17.5. The van der Waals surface area contributed by atoms with Crippen LogP contribution in [-0.4, -0.2) is 70.9 Å². The number of ether oxygens (including phenoxy) is 2. The van der Waals surface area contributed by atoms with Crippen molar-refractivity contribution in [1.82, 2.24) is 21.0 Å². The molecule has 0 aromatic heterocycles. The number of hydroxylamine groups is 1. The van der Waals surface area contributed by atoms with Crippen molar-refractivity contribution in [3.05, 3.63) is 101 Å². The van der Waals surface area contributed by atoms with Crippen LogP contribution in [0.15, 0.2) is 78.9 Å². The van der Waals surface area contributed by atoms with Gasteiger partial charge < -0.3 is 35.0 Å². The summed E-state index contributed by atoms with van der Waals surface area (Å²) in [5, 5.41) is 24.2. The maximum Gasteiger partial charge on any atom is 0.247 e. The summed E-state index contributed by atoms with van der Waals surface area (Å²) in [6, 6.07) is 25.8. The maximum absolute atomic E-state index is 13.2. The zero-order chi connectivity index (χ0) is 34.9. The molecule has 3 aliphatic heterocycles. The minimum atomic E-state index is -0.596. The Morgan fingerprint density at radius 1 is 0.860 bits per heavy atom. The van der Waals surface area contributed by atoms with Gasteiger partial charge in [-0.1, -0.05) is 66.7 Å². The van der Waals surface area contributed by atoms with Gasteiger partial charge >= 0.3 is 0 Å². The molecule has 3 amide bonds. The summed E-state index contributed by atoms with van der Waals surface area (Å²) in [4.78, 5) is 41.2. The summed E-state index contributed by atoms with van der Waals surface area (Å²) < 4.78 is 13.2. The third-order valence-corrected chi connectivity index (χ3v) is 10.1. The van der Waals surface area contributed by atoms with Crippen molar-refractivity contribution in [1.29, 1.82) is 0 Å². The minimum Gasteiger partial charge on any atom is -0.392 e. The van der Waals surface area contributed by atoms with Gasteiger partial charge in [0.25, 0.3) is 0 Å². The fraction of sp³-hybridized carbons (Fsp3) is 0.447. The van der Waals surface area contributed by atoms with Crippen LogP contribution in [0.5, 0.6) is 0 Å². The van der Waals surface area contributed by atoms with Gasteiger partial charge in [0.05, 0.1) is 25.5 Å². The number of carbonyl (C=O) groups is 3. The number of carbonyl (C=O) groups excluding carboxylic acids is 3. The topological polar surface area (TPSA) is 153 Å². The molecule has 3 atom stereocenters. The quantitative estimate of drug-likeness (QED) is 0.103. The van der Waals surface area contributed by atoms with Gasteiger partial charge in [0.15, 0.2) is 6.29 Å². The normalized spacial score (nSPS) is 21.9. The molecule has 0 saturated carbocycles. The molecule has 3 saturated heterocycles. The van der Waals surface area contributed by atoms with E-state index in [0.29, 0.717) is 45.4 Å². The summed E-state index contributed by atoms with van der Waals surface area (Å²) in [6.07, 6.45) is 2.76. The zero-order valence-electron chi connectivity index (χ0n) is 28.3. The molecule has 50 heavy (non-hydrogen) atoms. The Balaban J connectivity index is 1.08. The highest BCUT2D eigenvalue weighted by atomic mass is 16.7. The number of amides is 3. The lowest BCUT2D eigenvalue weighted by molar-refractivity contribution is -0.253. The summed E-state index contributed by atoms with van der Waals surface area (Å²) in [5.74, 6) is -0.453. The lowest BCUT2D eigenvalue weighted by Crippen LogP contribution is -2.57. The molecular weight excluding hydrogens is 638 g/mol. The molecular formula is C38H47N5O7. The van der Waals surface area contributed by atoms with Crippen molar-refractivity contribution < 1.29 is 34.2 Å². The van der Waals surface area contributed by atoms with Crippen LogP contribution in [0, 0.1) is 0 Å². The standard InChI is InChI=1S/C38H47N5O7/c44-25-28-12-14-29(15-13-28)33-22-32(24-42-20-18-38(19-21-42)37(47)40-26-43(38)31-6-2-1-3-7-31)49-36(50-33)30-16-10-27(11-17-30)23-39-34(45)8-4-5-9-35(46)41-48/h1-3,6-7,10-17,32-33,36,44,48H,4-5,8-9,18-26H2,(H,39,45)(H,40,47)(H,41,46)/t32-,33+,36+/m1/s1. The van der Waals surface area contributed by atoms with Gasteiger partial charge in [-0.2, -0.15) is 0 Å². The predicted octanol–water partition coefficient (Wildman–Crippen LogP) is 3.83. The molecule has 0 radical (unpaired) electrons. The first kappa shape index (κ1) is 35.5. The maximum atomic E-state index is 13.2. The van der Waals surface area contributed by atoms with E-state index in [1.807, 2.05) is 66.7 Å². The first-order chi connectivity index (χ1) is 24.4. The summed E-state index contributed by atoms with van der Waals surface area (Å²) in [7, 11) is 0. The number of nitrogens with zero attached hydrogens (tertiary/aromatic N) is 2. The largest absolute Gasteiger partial charge is 0.392 e. The smallest absolute Gasteiger partial charge is 0.247 e.